The van der Waals surface area contributed by atoms with E-state index in [4.69, 9.17) is 0 Å². The van der Waals surface area contributed by atoms with E-state index in [1.165, 1.54) is 53.1 Å². The molecule has 42 heavy (non-hydrogen) atoms. The first-order valence-electron chi connectivity index (χ1n) is 14.5. The molecule has 0 unspecified atom stereocenters. The summed E-state index contributed by atoms with van der Waals surface area (Å²) in [5.74, 6) is -0.655. The van der Waals surface area contributed by atoms with Gasteiger partial charge in [-0.15, -0.1) is 0 Å². The van der Waals surface area contributed by atoms with Crippen molar-refractivity contribution in [1.29, 1.82) is 0 Å². The fourth-order valence-electron chi connectivity index (χ4n) is 6.02. The van der Waals surface area contributed by atoms with Crippen LogP contribution in [0.15, 0.2) is 91.0 Å². The van der Waals surface area contributed by atoms with Crippen LogP contribution in [0.25, 0.3) is 0 Å². The van der Waals surface area contributed by atoms with Gasteiger partial charge in [0.2, 0.25) is 0 Å². The van der Waals surface area contributed by atoms with Crippen molar-refractivity contribution in [3.05, 3.63) is 142 Å². The monoisotopic (exact) mass is 576 g/mol. The molecule has 0 fully saturated rings. The lowest BCUT2D eigenvalue weighted by Gasteiger charge is -2.33. The van der Waals surface area contributed by atoms with E-state index < -0.39 is 0 Å². The molecular weight excluding hydrogens is 531 g/mol. The van der Waals surface area contributed by atoms with Crippen molar-refractivity contribution in [2.75, 3.05) is 42.3 Å². The molecule has 0 saturated heterocycles. The van der Waals surface area contributed by atoms with E-state index in [0.717, 1.165) is 69.4 Å². The zero-order chi connectivity index (χ0) is 30.5. The van der Waals surface area contributed by atoms with Crippen molar-refractivity contribution in [2.45, 2.75) is 39.3 Å². The van der Waals surface area contributed by atoms with Crippen LogP contribution in [-0.4, -0.2) is 55.7 Å². The molecule has 0 radical (unpaired) electrons. The number of halogens is 3. The predicted molar refractivity (Wildman–Crippen MR) is 164 cm³/mol. The van der Waals surface area contributed by atoms with Crippen LogP contribution in [0, 0.1) is 17.5 Å². The molecule has 0 aromatic heterocycles. The summed E-state index contributed by atoms with van der Waals surface area (Å²) in [4.78, 5) is 0. The van der Waals surface area contributed by atoms with Crippen LogP contribution in [-0.2, 0) is 39.3 Å². The fraction of sp³-hybridized carbons (Fsp3) is 0.333. The molecule has 0 N–H and O–H groups in total. The van der Waals surface area contributed by atoms with Gasteiger partial charge in [0.1, 0.15) is 56.7 Å². The van der Waals surface area contributed by atoms with E-state index in [9.17, 15) is 13.2 Å². The Morgan fingerprint density at radius 1 is 0.333 bits per heavy atom. The Kier molecular flexibility index (Phi) is 9.61. The molecule has 0 atom stereocenters. The highest BCUT2D eigenvalue weighted by Crippen LogP contribution is 2.24. The fourth-order valence-corrected chi connectivity index (χ4v) is 6.02. The van der Waals surface area contributed by atoms with Gasteiger partial charge in [-0.2, -0.15) is 0 Å². The molecule has 3 nitrogen and oxygen atoms in total. The minimum atomic E-state index is -0.218. The van der Waals surface area contributed by atoms with Crippen LogP contribution in [0.3, 0.4) is 0 Å². The number of hydrogen-bond donors (Lipinski definition) is 0. The zero-order valence-electron chi connectivity index (χ0n) is 25.9. The minimum absolute atomic E-state index is 0.218. The Morgan fingerprint density at radius 3 is 0.738 bits per heavy atom. The van der Waals surface area contributed by atoms with Crippen LogP contribution >= 0.6 is 0 Å². The molecule has 0 aliphatic rings. The van der Waals surface area contributed by atoms with Gasteiger partial charge in [-0.25, -0.2) is 13.2 Å². The lowest BCUT2D eigenvalue weighted by molar-refractivity contribution is -0.918. The maximum absolute atomic E-state index is 13.5. The maximum Gasteiger partial charge on any atom is 0.123 e. The van der Waals surface area contributed by atoms with Crippen LogP contribution < -0.4 is 0 Å². The van der Waals surface area contributed by atoms with Gasteiger partial charge in [0, 0.05) is 33.4 Å². The summed E-state index contributed by atoms with van der Waals surface area (Å²) in [6.07, 6.45) is 0. The summed E-state index contributed by atoms with van der Waals surface area (Å²) >= 11 is 0. The molecule has 0 saturated carbocycles. The first-order chi connectivity index (χ1) is 19.7. The SMILES string of the molecule is C[N+](C)(Cc1ccc(F)cc1)Cc1cc(C[N+](C)(C)Cc2ccc(F)cc2)cc(C[N+](C)(C)Cc2ccc(F)cc2)c1. The molecule has 4 aromatic carbocycles. The van der Waals surface area contributed by atoms with Crippen molar-refractivity contribution in [2.24, 2.45) is 0 Å². The van der Waals surface area contributed by atoms with E-state index in [1.807, 2.05) is 36.4 Å². The maximum atomic E-state index is 13.5. The molecule has 0 amide bonds. The lowest BCUT2D eigenvalue weighted by atomic mass is 10.0. The zero-order valence-corrected chi connectivity index (χ0v) is 25.9. The van der Waals surface area contributed by atoms with Crippen molar-refractivity contribution >= 4 is 0 Å². The van der Waals surface area contributed by atoms with Crippen LogP contribution in [0.4, 0.5) is 13.2 Å². The van der Waals surface area contributed by atoms with E-state index in [2.05, 4.69) is 60.5 Å². The highest BCUT2D eigenvalue weighted by molar-refractivity contribution is 5.30. The molecule has 0 spiro atoms. The van der Waals surface area contributed by atoms with E-state index in [-0.39, 0.29) is 17.5 Å². The largest absolute Gasteiger partial charge is 0.321 e. The molecule has 0 aliphatic heterocycles. The number of quaternary nitrogens is 3. The summed E-state index contributed by atoms with van der Waals surface area (Å²) < 4.78 is 42.7. The average molecular weight is 577 g/mol. The third-order valence-corrected chi connectivity index (χ3v) is 7.52. The van der Waals surface area contributed by atoms with Gasteiger partial charge in [-0.1, -0.05) is 36.4 Å². The highest BCUT2D eigenvalue weighted by Gasteiger charge is 2.23. The van der Waals surface area contributed by atoms with Gasteiger partial charge in [-0.3, -0.25) is 0 Å². The number of nitrogens with zero attached hydrogens (tertiary/aromatic N) is 3. The van der Waals surface area contributed by atoms with Gasteiger partial charge in [-0.05, 0) is 54.6 Å². The Morgan fingerprint density at radius 2 is 0.524 bits per heavy atom. The van der Waals surface area contributed by atoms with Crippen LogP contribution in [0.5, 0.6) is 0 Å². The second-order valence-electron chi connectivity index (χ2n) is 13.8. The van der Waals surface area contributed by atoms with Gasteiger partial charge in [0.05, 0.1) is 42.3 Å². The van der Waals surface area contributed by atoms with E-state index in [0.29, 0.717) is 0 Å². The third-order valence-electron chi connectivity index (χ3n) is 7.52. The molecule has 4 rings (SSSR count). The first-order valence-corrected chi connectivity index (χ1v) is 14.5. The summed E-state index contributed by atoms with van der Waals surface area (Å²) in [6.45, 7) is 4.85. The van der Waals surface area contributed by atoms with Crippen molar-refractivity contribution in [3.63, 3.8) is 0 Å². The summed E-state index contributed by atoms with van der Waals surface area (Å²) in [7, 11) is 13.2. The first kappa shape index (κ1) is 31.5. The van der Waals surface area contributed by atoms with Crippen LogP contribution in [0.2, 0.25) is 0 Å². The van der Waals surface area contributed by atoms with Crippen molar-refractivity contribution in [3.8, 4) is 0 Å². The van der Waals surface area contributed by atoms with Gasteiger partial charge < -0.3 is 13.4 Å². The van der Waals surface area contributed by atoms with Gasteiger partial charge in [0.25, 0.3) is 0 Å². The van der Waals surface area contributed by atoms with Gasteiger partial charge >= 0.3 is 0 Å². The molecule has 222 valence electrons. The molecule has 0 heterocycles. The third kappa shape index (κ3) is 9.83. The number of rotatable bonds is 12. The Labute approximate surface area is 249 Å². The average Bonchev–Trinajstić information content (AvgIpc) is 2.86. The number of benzene rings is 4. The smallest absolute Gasteiger partial charge is 0.123 e. The van der Waals surface area contributed by atoms with Crippen LogP contribution in [0.1, 0.15) is 33.4 Å². The second kappa shape index (κ2) is 12.8. The molecular formula is C36H45F3N3+3. The topological polar surface area (TPSA) is 0 Å². The Hall–Kier alpha value is -3.45. The number of hydrogen-bond acceptors (Lipinski definition) is 0. The van der Waals surface area contributed by atoms with Crippen molar-refractivity contribution < 1.29 is 26.6 Å². The predicted octanol–water partition coefficient (Wildman–Crippen LogP) is 7.43. The summed E-state index contributed by atoms with van der Waals surface area (Å²) in [6, 6.07) is 27.3. The summed E-state index contributed by atoms with van der Waals surface area (Å²) in [5, 5.41) is 0. The second-order valence-corrected chi connectivity index (χ2v) is 13.8. The minimum Gasteiger partial charge on any atom is -0.321 e. The van der Waals surface area contributed by atoms with E-state index in [1.54, 1.807) is 0 Å². The van der Waals surface area contributed by atoms with Crippen molar-refractivity contribution in [1.82, 2.24) is 0 Å². The summed E-state index contributed by atoms with van der Waals surface area (Å²) in [5.41, 5.74) is 7.10. The Bertz CT molecular complexity index is 1270. The quantitative estimate of drug-likeness (QED) is 0.154. The normalized spacial score (nSPS) is 12.5. The molecule has 6 heteroatoms. The van der Waals surface area contributed by atoms with E-state index >= 15 is 0 Å². The van der Waals surface area contributed by atoms with Gasteiger partial charge in [0.15, 0.2) is 0 Å². The highest BCUT2D eigenvalue weighted by atomic mass is 19.1. The Balaban J connectivity index is 1.59. The lowest BCUT2D eigenvalue weighted by Crippen LogP contribution is -2.39. The molecule has 0 aliphatic carbocycles. The molecule has 4 aromatic rings. The standard InChI is InChI=1S/C36H45F3N3/c1-40(2,22-28-7-13-34(37)14-8-28)25-31-19-32(26-41(3,4)23-29-9-15-35(38)16-10-29)21-33(20-31)27-42(5,6)24-30-11-17-36(39)18-12-30/h7-21H,22-27H2,1-6H3/q+3. The molecule has 0 bridgehead atoms.